The lowest BCUT2D eigenvalue weighted by atomic mass is 10.2. The molecule has 1 amide bonds. The molecule has 20 heavy (non-hydrogen) atoms. The molecule has 0 saturated carbocycles. The number of carbonyl (C=O) groups excluding carboxylic acids is 2. The van der Waals surface area contributed by atoms with Gasteiger partial charge in [-0.2, -0.15) is 0 Å². The maximum absolute atomic E-state index is 12.9. The van der Waals surface area contributed by atoms with Crippen LogP contribution < -0.4 is 0 Å². The molecule has 0 fully saturated rings. The molecule has 0 saturated heterocycles. The van der Waals surface area contributed by atoms with Crippen molar-refractivity contribution < 1.29 is 32.6 Å². The standard InChI is InChI=1S/C11H11F3N2O4/c1-20-10(19)8(6-17)16(11(12,13)14)9(18)7-4-2-3-5-15-7/h2-5,8,17H,6H2,1H3. The van der Waals surface area contributed by atoms with Crippen LogP contribution in [0, 0.1) is 0 Å². The number of halogens is 3. The lowest BCUT2D eigenvalue weighted by molar-refractivity contribution is -0.241. The molecular formula is C11H11F3N2O4. The summed E-state index contributed by atoms with van der Waals surface area (Å²) in [5, 5.41) is 8.94. The van der Waals surface area contributed by atoms with Gasteiger partial charge in [0, 0.05) is 6.20 Å². The summed E-state index contributed by atoms with van der Waals surface area (Å²) in [6.45, 7) is -1.23. The van der Waals surface area contributed by atoms with E-state index in [2.05, 4.69) is 9.72 Å². The van der Waals surface area contributed by atoms with Crippen molar-refractivity contribution in [2.75, 3.05) is 13.7 Å². The van der Waals surface area contributed by atoms with Crippen LogP contribution in [0.2, 0.25) is 0 Å². The fraction of sp³-hybridized carbons (Fsp3) is 0.364. The van der Waals surface area contributed by atoms with Gasteiger partial charge in [-0.15, -0.1) is 13.2 Å². The fourth-order valence-corrected chi connectivity index (χ4v) is 1.44. The van der Waals surface area contributed by atoms with Gasteiger partial charge in [0.2, 0.25) is 0 Å². The van der Waals surface area contributed by atoms with Crippen LogP contribution in [0.1, 0.15) is 10.5 Å². The van der Waals surface area contributed by atoms with E-state index in [-0.39, 0.29) is 0 Å². The van der Waals surface area contributed by atoms with Crippen molar-refractivity contribution in [2.24, 2.45) is 0 Å². The largest absolute Gasteiger partial charge is 0.488 e. The van der Waals surface area contributed by atoms with E-state index in [1.165, 1.54) is 12.1 Å². The monoisotopic (exact) mass is 292 g/mol. The zero-order valence-electron chi connectivity index (χ0n) is 10.3. The smallest absolute Gasteiger partial charge is 0.467 e. The highest BCUT2D eigenvalue weighted by molar-refractivity contribution is 5.95. The first kappa shape index (κ1) is 15.9. The highest BCUT2D eigenvalue weighted by atomic mass is 19.4. The van der Waals surface area contributed by atoms with Crippen LogP contribution in [0.3, 0.4) is 0 Å². The average molecular weight is 292 g/mol. The van der Waals surface area contributed by atoms with Crippen LogP contribution in [0.4, 0.5) is 13.2 Å². The third-order valence-corrected chi connectivity index (χ3v) is 2.33. The van der Waals surface area contributed by atoms with Crippen molar-refractivity contribution >= 4 is 11.9 Å². The quantitative estimate of drug-likeness (QED) is 0.648. The summed E-state index contributed by atoms with van der Waals surface area (Å²) in [6, 6.07) is 1.61. The van der Waals surface area contributed by atoms with Crippen LogP contribution in [-0.2, 0) is 9.53 Å². The van der Waals surface area contributed by atoms with Gasteiger partial charge < -0.3 is 9.84 Å². The topological polar surface area (TPSA) is 79.7 Å². The van der Waals surface area contributed by atoms with Gasteiger partial charge in [0.25, 0.3) is 5.91 Å². The number of hydrogen-bond donors (Lipinski definition) is 1. The maximum atomic E-state index is 12.9. The number of aromatic nitrogens is 1. The third-order valence-electron chi connectivity index (χ3n) is 2.33. The van der Waals surface area contributed by atoms with Gasteiger partial charge in [-0.05, 0) is 12.1 Å². The average Bonchev–Trinajstić information content (AvgIpc) is 2.42. The minimum Gasteiger partial charge on any atom is -0.467 e. The van der Waals surface area contributed by atoms with Gasteiger partial charge in [-0.1, -0.05) is 6.07 Å². The zero-order chi connectivity index (χ0) is 15.3. The molecule has 1 rings (SSSR count). The van der Waals surface area contributed by atoms with E-state index in [0.29, 0.717) is 0 Å². The first-order valence-electron chi connectivity index (χ1n) is 5.33. The van der Waals surface area contributed by atoms with Crippen LogP contribution in [-0.4, -0.2) is 52.9 Å². The molecule has 6 nitrogen and oxygen atoms in total. The van der Waals surface area contributed by atoms with Crippen molar-refractivity contribution in [3.63, 3.8) is 0 Å². The van der Waals surface area contributed by atoms with E-state index in [1.807, 2.05) is 0 Å². The highest BCUT2D eigenvalue weighted by Crippen LogP contribution is 2.26. The van der Waals surface area contributed by atoms with Crippen molar-refractivity contribution in [3.05, 3.63) is 30.1 Å². The number of nitrogens with zero attached hydrogens (tertiary/aromatic N) is 2. The summed E-state index contributed by atoms with van der Waals surface area (Å²) < 4.78 is 43.0. The Labute approximate surface area is 111 Å². The summed E-state index contributed by atoms with van der Waals surface area (Å²) in [4.78, 5) is 25.9. The number of aliphatic hydroxyl groups excluding tert-OH is 1. The Hall–Kier alpha value is -2.16. The van der Waals surface area contributed by atoms with Crippen LogP contribution >= 0.6 is 0 Å². The van der Waals surface area contributed by atoms with Gasteiger partial charge in [-0.25, -0.2) is 9.69 Å². The van der Waals surface area contributed by atoms with Gasteiger partial charge in [0.05, 0.1) is 13.7 Å². The summed E-state index contributed by atoms with van der Waals surface area (Å²) in [5.41, 5.74) is -0.507. The van der Waals surface area contributed by atoms with Crippen molar-refractivity contribution in [1.82, 2.24) is 9.88 Å². The number of esters is 1. The van der Waals surface area contributed by atoms with Gasteiger partial charge in [0.15, 0.2) is 6.04 Å². The molecule has 0 bridgehead atoms. The number of hydrogen-bond acceptors (Lipinski definition) is 5. The lowest BCUT2D eigenvalue weighted by Gasteiger charge is -2.29. The predicted octanol–water partition coefficient (Wildman–Crippen LogP) is 0.577. The Morgan fingerprint density at radius 3 is 2.50 bits per heavy atom. The molecule has 1 atom stereocenters. The Bertz CT molecular complexity index is 478. The molecule has 1 aromatic rings. The molecule has 0 aliphatic carbocycles. The summed E-state index contributed by atoms with van der Waals surface area (Å²) in [5.74, 6) is -2.93. The molecule has 1 heterocycles. The SMILES string of the molecule is COC(=O)C(CO)N(C(=O)c1ccccn1)C(F)(F)F. The Morgan fingerprint density at radius 2 is 2.10 bits per heavy atom. The molecule has 0 aliphatic heterocycles. The second kappa shape index (κ2) is 6.33. The molecule has 9 heteroatoms. The predicted molar refractivity (Wildman–Crippen MR) is 59.4 cm³/mol. The molecule has 110 valence electrons. The van der Waals surface area contributed by atoms with E-state index >= 15 is 0 Å². The molecule has 0 radical (unpaired) electrons. The van der Waals surface area contributed by atoms with Crippen LogP contribution in [0.25, 0.3) is 0 Å². The third kappa shape index (κ3) is 3.44. The lowest BCUT2D eigenvalue weighted by Crippen LogP contribution is -2.54. The number of pyridine rings is 1. The zero-order valence-corrected chi connectivity index (χ0v) is 10.3. The minimum atomic E-state index is -5.17. The van der Waals surface area contributed by atoms with Gasteiger partial charge in [0.1, 0.15) is 5.69 Å². The van der Waals surface area contributed by atoms with Gasteiger partial charge in [-0.3, -0.25) is 9.78 Å². The van der Waals surface area contributed by atoms with Crippen molar-refractivity contribution in [3.8, 4) is 0 Å². The Morgan fingerprint density at radius 1 is 1.45 bits per heavy atom. The normalized spacial score (nSPS) is 12.7. The van der Waals surface area contributed by atoms with Gasteiger partial charge >= 0.3 is 12.3 Å². The number of aliphatic hydroxyl groups is 1. The van der Waals surface area contributed by atoms with E-state index < -0.39 is 41.4 Å². The number of carbonyl (C=O) groups is 2. The van der Waals surface area contributed by atoms with E-state index in [1.54, 1.807) is 0 Å². The number of methoxy groups -OCH3 is 1. The van der Waals surface area contributed by atoms with Crippen molar-refractivity contribution in [1.29, 1.82) is 0 Å². The summed E-state index contributed by atoms with van der Waals surface area (Å²) in [7, 11) is 0.852. The summed E-state index contributed by atoms with van der Waals surface area (Å²) in [6.07, 6.45) is -4.04. The summed E-state index contributed by atoms with van der Waals surface area (Å²) >= 11 is 0. The highest BCUT2D eigenvalue weighted by Gasteiger charge is 2.49. The molecular weight excluding hydrogens is 281 g/mol. The first-order chi connectivity index (χ1) is 9.32. The van der Waals surface area contributed by atoms with Crippen molar-refractivity contribution in [2.45, 2.75) is 12.3 Å². The number of amides is 1. The second-order valence-electron chi connectivity index (χ2n) is 3.58. The van der Waals surface area contributed by atoms with Crippen LogP contribution in [0.5, 0.6) is 0 Å². The molecule has 1 unspecified atom stereocenters. The first-order valence-corrected chi connectivity index (χ1v) is 5.33. The number of rotatable bonds is 4. The molecule has 1 aromatic heterocycles. The van der Waals surface area contributed by atoms with E-state index in [9.17, 15) is 22.8 Å². The van der Waals surface area contributed by atoms with E-state index in [0.717, 1.165) is 19.4 Å². The molecule has 1 N–H and O–H groups in total. The minimum absolute atomic E-state index is 0.507. The number of alkyl halides is 3. The Balaban J connectivity index is 3.20. The van der Waals surface area contributed by atoms with E-state index in [4.69, 9.17) is 5.11 Å². The molecule has 0 aliphatic rings. The molecule has 0 aromatic carbocycles. The number of ether oxygens (including phenoxy) is 1. The van der Waals surface area contributed by atoms with Crippen LogP contribution in [0.15, 0.2) is 24.4 Å². The fourth-order valence-electron chi connectivity index (χ4n) is 1.44. The Kier molecular flexibility index (Phi) is 5.03. The second-order valence-corrected chi connectivity index (χ2v) is 3.58. The molecule has 0 spiro atoms. The maximum Gasteiger partial charge on any atom is 0.488 e.